The maximum absolute atomic E-state index is 5.65. The lowest BCUT2D eigenvalue weighted by molar-refractivity contribution is 0.406. The van der Waals surface area contributed by atoms with Crippen molar-refractivity contribution in [3.63, 3.8) is 0 Å². The fraction of sp³-hybridized carbons (Fsp3) is 0.250. The van der Waals surface area contributed by atoms with Gasteiger partial charge in [-0.25, -0.2) is 4.98 Å². The van der Waals surface area contributed by atoms with Gasteiger partial charge in [0.25, 0.3) is 0 Å². The average molecular weight is 354 g/mol. The molecule has 0 spiro atoms. The molecule has 0 aliphatic heterocycles. The molecule has 130 valence electrons. The molecule has 3 rings (SSSR count). The number of ether oxygens (including phenoxy) is 2. The highest BCUT2D eigenvalue weighted by Gasteiger charge is 2.16. The molecule has 0 aliphatic carbocycles. The van der Waals surface area contributed by atoms with E-state index in [-0.39, 0.29) is 0 Å². The summed E-state index contributed by atoms with van der Waals surface area (Å²) in [5, 5.41) is 6.34. The van der Waals surface area contributed by atoms with Gasteiger partial charge >= 0.3 is 0 Å². The molecular weight excluding hydrogens is 332 g/mol. The molecule has 0 atom stereocenters. The number of likely N-dealkylation sites (N-methyl/N-ethyl adjacent to an activating group) is 1. The highest BCUT2D eigenvalue weighted by atomic mass is 32.1. The number of hydrogen-bond acceptors (Lipinski definition) is 5. The van der Waals surface area contributed by atoms with Gasteiger partial charge in [-0.3, -0.25) is 0 Å². The van der Waals surface area contributed by atoms with Crippen LogP contribution in [0.4, 0.5) is 0 Å². The SMILES string of the molecule is CNCCc1nc(-c2cc(OC)c(-c3ccccc3)cc2OC)cs1. The van der Waals surface area contributed by atoms with Crippen molar-refractivity contribution >= 4 is 11.3 Å². The van der Waals surface area contributed by atoms with Crippen molar-refractivity contribution in [2.45, 2.75) is 6.42 Å². The zero-order valence-corrected chi connectivity index (χ0v) is 15.5. The van der Waals surface area contributed by atoms with Gasteiger partial charge in [-0.15, -0.1) is 11.3 Å². The highest BCUT2D eigenvalue weighted by molar-refractivity contribution is 7.09. The van der Waals surface area contributed by atoms with Gasteiger partial charge in [-0.05, 0) is 24.7 Å². The van der Waals surface area contributed by atoms with Crippen molar-refractivity contribution < 1.29 is 9.47 Å². The Morgan fingerprint density at radius 3 is 2.36 bits per heavy atom. The first-order chi connectivity index (χ1) is 12.3. The van der Waals surface area contributed by atoms with Crippen molar-refractivity contribution in [2.24, 2.45) is 0 Å². The molecule has 5 heteroatoms. The fourth-order valence-electron chi connectivity index (χ4n) is 2.72. The van der Waals surface area contributed by atoms with Crippen LogP contribution in [0.25, 0.3) is 22.4 Å². The predicted molar refractivity (Wildman–Crippen MR) is 104 cm³/mol. The van der Waals surface area contributed by atoms with E-state index in [4.69, 9.17) is 14.5 Å². The van der Waals surface area contributed by atoms with Crippen molar-refractivity contribution in [3.8, 4) is 33.9 Å². The monoisotopic (exact) mass is 354 g/mol. The van der Waals surface area contributed by atoms with Gasteiger partial charge in [0.1, 0.15) is 11.5 Å². The van der Waals surface area contributed by atoms with Gasteiger partial charge in [-0.2, -0.15) is 0 Å². The smallest absolute Gasteiger partial charge is 0.129 e. The maximum Gasteiger partial charge on any atom is 0.129 e. The molecule has 4 nitrogen and oxygen atoms in total. The molecule has 0 unspecified atom stereocenters. The summed E-state index contributed by atoms with van der Waals surface area (Å²) in [4.78, 5) is 4.75. The summed E-state index contributed by atoms with van der Waals surface area (Å²) in [6.07, 6.45) is 0.919. The van der Waals surface area contributed by atoms with E-state index >= 15 is 0 Å². The number of hydrogen-bond donors (Lipinski definition) is 1. The molecule has 0 radical (unpaired) electrons. The zero-order chi connectivity index (χ0) is 17.6. The van der Waals surface area contributed by atoms with Gasteiger partial charge in [0.05, 0.1) is 24.9 Å². The summed E-state index contributed by atoms with van der Waals surface area (Å²) in [6, 6.07) is 14.2. The topological polar surface area (TPSA) is 43.4 Å². The Hall–Kier alpha value is -2.37. The molecule has 0 fully saturated rings. The third-order valence-corrected chi connectivity index (χ3v) is 4.93. The number of thiazole rings is 1. The minimum atomic E-state index is 0.796. The van der Waals surface area contributed by atoms with Gasteiger partial charge in [-0.1, -0.05) is 30.3 Å². The fourth-order valence-corrected chi connectivity index (χ4v) is 3.52. The Kier molecular flexibility index (Phi) is 5.68. The van der Waals surface area contributed by atoms with E-state index in [9.17, 15) is 0 Å². The van der Waals surface area contributed by atoms with Gasteiger partial charge in [0.15, 0.2) is 0 Å². The summed E-state index contributed by atoms with van der Waals surface area (Å²) >= 11 is 1.67. The van der Waals surface area contributed by atoms with Crippen LogP contribution in [-0.2, 0) is 6.42 Å². The zero-order valence-electron chi connectivity index (χ0n) is 14.7. The molecule has 3 aromatic rings. The highest BCUT2D eigenvalue weighted by Crippen LogP contribution is 2.40. The van der Waals surface area contributed by atoms with Crippen LogP contribution in [0.3, 0.4) is 0 Å². The standard InChI is InChI=1S/C20H22N2O2S/c1-21-10-9-20-22-17(13-25-20)16-12-18(23-2)15(11-19(16)24-3)14-7-5-4-6-8-14/h4-8,11-13,21H,9-10H2,1-3H3. The molecular formula is C20H22N2O2S. The summed E-state index contributed by atoms with van der Waals surface area (Å²) < 4.78 is 11.3. The average Bonchev–Trinajstić information content (AvgIpc) is 3.14. The van der Waals surface area contributed by atoms with E-state index in [1.165, 1.54) is 0 Å². The largest absolute Gasteiger partial charge is 0.496 e. The summed E-state index contributed by atoms with van der Waals surface area (Å²) in [5.41, 5.74) is 3.98. The van der Waals surface area contributed by atoms with Crippen LogP contribution in [0.2, 0.25) is 0 Å². The van der Waals surface area contributed by atoms with Crippen LogP contribution in [0, 0.1) is 0 Å². The molecule has 0 aliphatic rings. The quantitative estimate of drug-likeness (QED) is 0.689. The molecule has 0 saturated carbocycles. The van der Waals surface area contributed by atoms with Gasteiger partial charge in [0, 0.05) is 29.5 Å². The summed E-state index contributed by atoms with van der Waals surface area (Å²) in [5.74, 6) is 1.61. The van der Waals surface area contributed by atoms with Crippen molar-refractivity contribution in [3.05, 3.63) is 52.9 Å². The lowest BCUT2D eigenvalue weighted by atomic mass is 10.0. The molecule has 0 amide bonds. The molecule has 1 heterocycles. The van der Waals surface area contributed by atoms with E-state index in [1.807, 2.05) is 37.4 Å². The Balaban J connectivity index is 2.04. The van der Waals surface area contributed by atoms with Crippen LogP contribution >= 0.6 is 11.3 Å². The number of rotatable bonds is 7. The van der Waals surface area contributed by atoms with E-state index in [1.54, 1.807) is 25.6 Å². The molecule has 0 bridgehead atoms. The summed E-state index contributed by atoms with van der Waals surface area (Å²) in [6.45, 7) is 0.917. The number of nitrogens with zero attached hydrogens (tertiary/aromatic N) is 1. The van der Waals surface area contributed by atoms with Crippen molar-refractivity contribution in [1.82, 2.24) is 10.3 Å². The van der Waals surface area contributed by atoms with Crippen molar-refractivity contribution in [2.75, 3.05) is 27.8 Å². The Morgan fingerprint density at radius 2 is 1.68 bits per heavy atom. The second-order valence-electron chi connectivity index (χ2n) is 5.60. The second-order valence-corrected chi connectivity index (χ2v) is 6.54. The number of benzene rings is 2. The van der Waals surface area contributed by atoms with Gasteiger partial charge in [0.2, 0.25) is 0 Å². The number of aromatic nitrogens is 1. The number of methoxy groups -OCH3 is 2. The number of nitrogens with one attached hydrogen (secondary N) is 1. The third kappa shape index (κ3) is 3.83. The first-order valence-corrected chi connectivity index (χ1v) is 9.05. The van der Waals surface area contributed by atoms with Crippen LogP contribution in [0.5, 0.6) is 11.5 Å². The molecule has 1 N–H and O–H groups in total. The van der Waals surface area contributed by atoms with E-state index in [2.05, 4.69) is 22.8 Å². The minimum Gasteiger partial charge on any atom is -0.496 e. The third-order valence-electron chi connectivity index (χ3n) is 4.02. The minimum absolute atomic E-state index is 0.796. The van der Waals surface area contributed by atoms with E-state index in [0.29, 0.717) is 0 Å². The van der Waals surface area contributed by atoms with Crippen LogP contribution < -0.4 is 14.8 Å². The van der Waals surface area contributed by atoms with Crippen molar-refractivity contribution in [1.29, 1.82) is 0 Å². The van der Waals surface area contributed by atoms with E-state index in [0.717, 1.165) is 51.9 Å². The summed E-state index contributed by atoms with van der Waals surface area (Å²) in [7, 11) is 5.33. The lowest BCUT2D eigenvalue weighted by Crippen LogP contribution is -2.09. The maximum atomic E-state index is 5.65. The lowest BCUT2D eigenvalue weighted by Gasteiger charge is -2.14. The van der Waals surface area contributed by atoms with E-state index < -0.39 is 0 Å². The first-order valence-electron chi connectivity index (χ1n) is 8.17. The Morgan fingerprint density at radius 1 is 1.00 bits per heavy atom. The van der Waals surface area contributed by atoms with Crippen LogP contribution in [0.1, 0.15) is 5.01 Å². The van der Waals surface area contributed by atoms with Gasteiger partial charge < -0.3 is 14.8 Å². The normalized spacial score (nSPS) is 10.7. The molecule has 25 heavy (non-hydrogen) atoms. The van der Waals surface area contributed by atoms with Crippen LogP contribution in [0.15, 0.2) is 47.8 Å². The Bertz CT molecular complexity index is 831. The molecule has 2 aromatic carbocycles. The molecule has 0 saturated heterocycles. The van der Waals surface area contributed by atoms with Crippen LogP contribution in [-0.4, -0.2) is 32.8 Å². The predicted octanol–water partition coefficient (Wildman–Crippen LogP) is 4.26. The first kappa shape index (κ1) is 17.5. The molecule has 1 aromatic heterocycles. The second kappa shape index (κ2) is 8.14. The Labute approximate surface area is 152 Å².